The van der Waals surface area contributed by atoms with Gasteiger partial charge in [0.1, 0.15) is 11.3 Å². The van der Waals surface area contributed by atoms with Crippen LogP contribution in [0.1, 0.15) is 15.9 Å². The van der Waals surface area contributed by atoms with E-state index in [2.05, 4.69) is 15.5 Å². The highest BCUT2D eigenvalue weighted by molar-refractivity contribution is 7.92. The number of halogens is 1. The molecular weight excluding hydrogens is 365 g/mol. The number of nitrogens with zero attached hydrogens (tertiary/aromatic N) is 2. The molecule has 0 saturated carbocycles. The fourth-order valence-corrected chi connectivity index (χ4v) is 4.17. The lowest BCUT2D eigenvalue weighted by Crippen LogP contribution is -2.12. The van der Waals surface area contributed by atoms with E-state index in [1.165, 1.54) is 41.9 Å². The van der Waals surface area contributed by atoms with E-state index in [1.54, 1.807) is 12.1 Å². The normalized spacial score (nSPS) is 11.2. The highest BCUT2D eigenvalue weighted by atomic mass is 32.2. The van der Waals surface area contributed by atoms with Gasteiger partial charge in [-0.15, -0.1) is 10.2 Å². The molecule has 0 bridgehead atoms. The van der Waals surface area contributed by atoms with Crippen LogP contribution >= 0.6 is 11.3 Å². The fraction of sp³-hybridized carbons (Fsp3) is 0.0625. The van der Waals surface area contributed by atoms with Gasteiger partial charge in [0.25, 0.3) is 5.91 Å². The van der Waals surface area contributed by atoms with Gasteiger partial charge in [-0.25, -0.2) is 12.8 Å². The number of rotatable bonds is 5. The summed E-state index contributed by atoms with van der Waals surface area (Å²) < 4.78 is 37.1. The number of sulfone groups is 1. The number of carbonyl (C=O) groups excluding carboxylic acids is 1. The van der Waals surface area contributed by atoms with Crippen LogP contribution in [0.3, 0.4) is 0 Å². The molecule has 128 valence electrons. The molecule has 6 nitrogen and oxygen atoms in total. The first-order valence-corrected chi connectivity index (χ1v) is 9.62. The minimum Gasteiger partial charge on any atom is -0.322 e. The van der Waals surface area contributed by atoms with Crippen molar-refractivity contribution in [2.75, 3.05) is 5.32 Å². The molecule has 25 heavy (non-hydrogen) atoms. The Kier molecular flexibility index (Phi) is 4.86. The lowest BCUT2D eigenvalue weighted by atomic mass is 10.1. The third-order valence-electron chi connectivity index (χ3n) is 3.28. The highest BCUT2D eigenvalue weighted by Crippen LogP contribution is 2.18. The Morgan fingerprint density at radius 1 is 1.08 bits per heavy atom. The van der Waals surface area contributed by atoms with Crippen molar-refractivity contribution < 1.29 is 17.6 Å². The lowest BCUT2D eigenvalue weighted by molar-refractivity contribution is 0.102. The SMILES string of the molecule is O=C(Nc1ccc(F)cc1)c1ccc(CS(=O)(=O)c2nncs2)cc1. The molecule has 0 unspecified atom stereocenters. The van der Waals surface area contributed by atoms with Crippen LogP contribution in [0.15, 0.2) is 58.4 Å². The summed E-state index contributed by atoms with van der Waals surface area (Å²) in [5, 5.41) is 9.73. The van der Waals surface area contributed by atoms with Crippen LogP contribution in [0.2, 0.25) is 0 Å². The second-order valence-corrected chi connectivity index (χ2v) is 8.12. The van der Waals surface area contributed by atoms with Gasteiger partial charge >= 0.3 is 0 Å². The largest absolute Gasteiger partial charge is 0.322 e. The molecule has 1 heterocycles. The summed E-state index contributed by atoms with van der Waals surface area (Å²) in [6.45, 7) is 0. The number of hydrogen-bond acceptors (Lipinski definition) is 6. The van der Waals surface area contributed by atoms with Crippen LogP contribution < -0.4 is 5.32 Å². The molecule has 1 N–H and O–H groups in total. The Hall–Kier alpha value is -2.65. The molecule has 1 aromatic heterocycles. The summed E-state index contributed by atoms with van der Waals surface area (Å²) >= 11 is 0.958. The molecule has 0 saturated heterocycles. The maximum Gasteiger partial charge on any atom is 0.255 e. The Bertz CT molecular complexity index is 970. The average Bonchev–Trinajstić information content (AvgIpc) is 3.13. The van der Waals surface area contributed by atoms with Crippen LogP contribution in [-0.4, -0.2) is 24.5 Å². The van der Waals surface area contributed by atoms with Gasteiger partial charge in [-0.3, -0.25) is 4.79 Å². The van der Waals surface area contributed by atoms with E-state index >= 15 is 0 Å². The second kappa shape index (κ2) is 7.08. The van der Waals surface area contributed by atoms with E-state index in [0.717, 1.165) is 11.3 Å². The lowest BCUT2D eigenvalue weighted by Gasteiger charge is -2.06. The minimum absolute atomic E-state index is 0.0365. The molecular formula is C16H12FN3O3S2. The zero-order valence-corrected chi connectivity index (χ0v) is 14.3. The summed E-state index contributed by atoms with van der Waals surface area (Å²) in [5.74, 6) is -0.980. The summed E-state index contributed by atoms with van der Waals surface area (Å²) in [6, 6.07) is 11.6. The van der Waals surface area contributed by atoms with Gasteiger partial charge in [-0.1, -0.05) is 23.5 Å². The van der Waals surface area contributed by atoms with E-state index in [0.29, 0.717) is 16.8 Å². The van der Waals surface area contributed by atoms with Crippen LogP contribution in [0, 0.1) is 5.82 Å². The van der Waals surface area contributed by atoms with Gasteiger partial charge in [0.15, 0.2) is 0 Å². The van der Waals surface area contributed by atoms with Crippen molar-refractivity contribution in [2.24, 2.45) is 0 Å². The molecule has 0 aliphatic rings. The molecule has 0 aliphatic carbocycles. The summed E-state index contributed by atoms with van der Waals surface area (Å²) in [5.41, 5.74) is 2.72. The quantitative estimate of drug-likeness (QED) is 0.738. The standard InChI is InChI=1S/C16H12FN3O3S2/c17-13-5-7-14(8-6-13)19-15(21)12-3-1-11(2-4-12)9-25(22,23)16-20-18-10-24-16/h1-8,10H,9H2,(H,19,21). The van der Waals surface area contributed by atoms with E-state index in [-0.39, 0.29) is 21.8 Å². The van der Waals surface area contributed by atoms with E-state index in [1.807, 2.05) is 0 Å². The van der Waals surface area contributed by atoms with E-state index < -0.39 is 9.84 Å². The first-order valence-electron chi connectivity index (χ1n) is 7.09. The van der Waals surface area contributed by atoms with Crippen LogP contribution in [0.25, 0.3) is 0 Å². The number of anilines is 1. The average molecular weight is 377 g/mol. The zero-order valence-electron chi connectivity index (χ0n) is 12.7. The topological polar surface area (TPSA) is 89.0 Å². The monoisotopic (exact) mass is 377 g/mol. The van der Waals surface area contributed by atoms with Gasteiger partial charge in [-0.05, 0) is 42.0 Å². The van der Waals surface area contributed by atoms with Crippen molar-refractivity contribution >= 4 is 32.8 Å². The van der Waals surface area contributed by atoms with Gasteiger partial charge in [-0.2, -0.15) is 0 Å². The van der Waals surface area contributed by atoms with Crippen molar-refractivity contribution in [2.45, 2.75) is 10.1 Å². The molecule has 1 amide bonds. The van der Waals surface area contributed by atoms with Crippen molar-refractivity contribution in [3.05, 3.63) is 71.0 Å². The number of aromatic nitrogens is 2. The predicted octanol–water partition coefficient (Wildman–Crippen LogP) is 2.90. The second-order valence-electron chi connectivity index (χ2n) is 5.12. The van der Waals surface area contributed by atoms with Gasteiger partial charge < -0.3 is 5.32 Å². The van der Waals surface area contributed by atoms with Gasteiger partial charge in [0, 0.05) is 11.3 Å². The van der Waals surface area contributed by atoms with E-state index in [4.69, 9.17) is 0 Å². The summed E-state index contributed by atoms with van der Waals surface area (Å²) in [7, 11) is -3.55. The Morgan fingerprint density at radius 2 is 1.76 bits per heavy atom. The van der Waals surface area contributed by atoms with E-state index in [9.17, 15) is 17.6 Å². The maximum atomic E-state index is 12.9. The minimum atomic E-state index is -3.55. The number of carbonyl (C=O) groups is 1. The highest BCUT2D eigenvalue weighted by Gasteiger charge is 2.19. The number of nitrogens with one attached hydrogen (secondary N) is 1. The number of benzene rings is 2. The third-order valence-corrected chi connectivity index (χ3v) is 6.14. The fourth-order valence-electron chi connectivity index (χ4n) is 2.07. The number of amides is 1. The van der Waals surface area contributed by atoms with Crippen LogP contribution in [0.5, 0.6) is 0 Å². The summed E-state index contributed by atoms with van der Waals surface area (Å²) in [6.07, 6.45) is 0. The molecule has 0 fully saturated rings. The Labute approximate surface area is 147 Å². The first kappa shape index (κ1) is 17.2. The smallest absolute Gasteiger partial charge is 0.255 e. The number of hydrogen-bond donors (Lipinski definition) is 1. The molecule has 9 heteroatoms. The summed E-state index contributed by atoms with van der Waals surface area (Å²) in [4.78, 5) is 12.1. The Balaban J connectivity index is 1.69. The van der Waals surface area contributed by atoms with Crippen molar-refractivity contribution in [1.29, 1.82) is 0 Å². The van der Waals surface area contributed by atoms with Gasteiger partial charge in [0.2, 0.25) is 14.2 Å². The van der Waals surface area contributed by atoms with Crippen LogP contribution in [-0.2, 0) is 15.6 Å². The van der Waals surface area contributed by atoms with Crippen molar-refractivity contribution in [3.63, 3.8) is 0 Å². The molecule has 0 spiro atoms. The van der Waals surface area contributed by atoms with Crippen LogP contribution in [0.4, 0.5) is 10.1 Å². The molecule has 3 rings (SSSR count). The first-order chi connectivity index (χ1) is 11.9. The Morgan fingerprint density at radius 3 is 2.36 bits per heavy atom. The van der Waals surface area contributed by atoms with Crippen molar-refractivity contribution in [1.82, 2.24) is 10.2 Å². The molecule has 0 radical (unpaired) electrons. The zero-order chi connectivity index (χ0) is 17.9. The maximum absolute atomic E-state index is 12.9. The molecule has 0 atom stereocenters. The predicted molar refractivity (Wildman–Crippen MR) is 91.6 cm³/mol. The van der Waals surface area contributed by atoms with Crippen molar-refractivity contribution in [3.8, 4) is 0 Å². The molecule has 3 aromatic rings. The van der Waals surface area contributed by atoms with Gasteiger partial charge in [0.05, 0.1) is 5.75 Å². The molecule has 2 aromatic carbocycles. The molecule has 0 aliphatic heterocycles. The third kappa shape index (κ3) is 4.25.